The van der Waals surface area contributed by atoms with E-state index in [9.17, 15) is 4.79 Å². The molecular weight excluding hydrogens is 376 g/mol. The number of likely N-dealkylation sites (tertiary alicyclic amines) is 1. The number of rotatable bonds is 4. The van der Waals surface area contributed by atoms with E-state index < -0.39 is 0 Å². The summed E-state index contributed by atoms with van der Waals surface area (Å²) in [6.45, 7) is 6.21. The van der Waals surface area contributed by atoms with Crippen LogP contribution in [0.4, 0.5) is 0 Å². The van der Waals surface area contributed by atoms with Gasteiger partial charge in [0.25, 0.3) is 5.91 Å². The van der Waals surface area contributed by atoms with Gasteiger partial charge in [0.2, 0.25) is 5.88 Å². The molecule has 1 aromatic carbocycles. The number of hydrogen-bond donors (Lipinski definition) is 0. The van der Waals surface area contributed by atoms with E-state index in [1.54, 1.807) is 12.4 Å². The molecule has 0 radical (unpaired) electrons. The van der Waals surface area contributed by atoms with E-state index in [-0.39, 0.29) is 18.0 Å². The fraction of sp³-hybridized carbons (Fsp3) is 0.333. The number of carbonyl (C=O) groups is 1. The van der Waals surface area contributed by atoms with Gasteiger partial charge in [-0.05, 0) is 75.9 Å². The first kappa shape index (κ1) is 20.0. The summed E-state index contributed by atoms with van der Waals surface area (Å²) in [7, 11) is 0. The molecule has 1 aliphatic rings. The van der Waals surface area contributed by atoms with Crippen LogP contribution >= 0.6 is 0 Å². The highest BCUT2D eigenvalue weighted by Gasteiger charge is 2.30. The number of carbonyl (C=O) groups excluding carboxylic acids is 1. The standard InChI is InChI=1S/C24H26N4O2/c1-16-9-10-19(24(29)28-17(2)6-4-7-18(28)3)14-22(16)30-23-20(8-5-12-26-23)21-11-13-25-15-27-21/h5,8-15,17-18H,4,6-7H2,1-3H3/t17-,18+. The molecule has 0 aliphatic carbocycles. The molecule has 2 atom stereocenters. The van der Waals surface area contributed by atoms with E-state index in [0.29, 0.717) is 17.2 Å². The molecule has 6 nitrogen and oxygen atoms in total. The highest BCUT2D eigenvalue weighted by Crippen LogP contribution is 2.33. The van der Waals surface area contributed by atoms with Crippen molar-refractivity contribution in [3.63, 3.8) is 0 Å². The molecule has 1 amide bonds. The maximum Gasteiger partial charge on any atom is 0.254 e. The summed E-state index contributed by atoms with van der Waals surface area (Å²) in [6, 6.07) is 11.7. The third-order valence-corrected chi connectivity index (χ3v) is 5.70. The highest BCUT2D eigenvalue weighted by atomic mass is 16.5. The molecule has 2 aromatic heterocycles. The second kappa shape index (κ2) is 8.61. The Morgan fingerprint density at radius 3 is 2.60 bits per heavy atom. The lowest BCUT2D eigenvalue weighted by molar-refractivity contribution is 0.0510. The minimum absolute atomic E-state index is 0.0524. The van der Waals surface area contributed by atoms with Crippen molar-refractivity contribution in [1.82, 2.24) is 19.9 Å². The van der Waals surface area contributed by atoms with Crippen LogP contribution in [-0.4, -0.2) is 37.8 Å². The lowest BCUT2D eigenvalue weighted by atomic mass is 9.96. The molecule has 0 bridgehead atoms. The average Bonchev–Trinajstić information content (AvgIpc) is 2.76. The summed E-state index contributed by atoms with van der Waals surface area (Å²) >= 11 is 0. The van der Waals surface area contributed by atoms with Crippen molar-refractivity contribution in [2.24, 2.45) is 0 Å². The van der Waals surface area contributed by atoms with Crippen molar-refractivity contribution in [2.75, 3.05) is 0 Å². The monoisotopic (exact) mass is 402 g/mol. The number of hydrogen-bond acceptors (Lipinski definition) is 5. The van der Waals surface area contributed by atoms with Crippen LogP contribution in [0.25, 0.3) is 11.3 Å². The number of aromatic nitrogens is 3. The average molecular weight is 402 g/mol. The van der Waals surface area contributed by atoms with Gasteiger partial charge in [0.15, 0.2) is 0 Å². The lowest BCUT2D eigenvalue weighted by Crippen LogP contribution is -2.47. The molecule has 1 aliphatic heterocycles. The van der Waals surface area contributed by atoms with Crippen LogP contribution in [0.3, 0.4) is 0 Å². The Morgan fingerprint density at radius 2 is 1.87 bits per heavy atom. The summed E-state index contributed by atoms with van der Waals surface area (Å²) in [6.07, 6.45) is 8.12. The molecule has 4 rings (SSSR count). The van der Waals surface area contributed by atoms with Crippen molar-refractivity contribution >= 4 is 5.91 Å². The summed E-state index contributed by atoms with van der Waals surface area (Å²) < 4.78 is 6.18. The smallest absolute Gasteiger partial charge is 0.254 e. The van der Waals surface area contributed by atoms with E-state index in [2.05, 4.69) is 28.8 Å². The number of nitrogens with zero attached hydrogens (tertiary/aromatic N) is 4. The van der Waals surface area contributed by atoms with Crippen molar-refractivity contribution in [3.05, 3.63) is 66.2 Å². The Kier molecular flexibility index (Phi) is 5.74. The first-order chi connectivity index (χ1) is 14.5. The molecule has 30 heavy (non-hydrogen) atoms. The van der Waals surface area contributed by atoms with Gasteiger partial charge in [0.05, 0.1) is 11.3 Å². The molecule has 0 N–H and O–H groups in total. The van der Waals surface area contributed by atoms with E-state index in [1.807, 2.05) is 48.2 Å². The predicted molar refractivity (Wildman–Crippen MR) is 115 cm³/mol. The number of benzene rings is 1. The zero-order chi connectivity index (χ0) is 21.1. The predicted octanol–water partition coefficient (Wildman–Crippen LogP) is 5.04. The van der Waals surface area contributed by atoms with Gasteiger partial charge >= 0.3 is 0 Å². The summed E-state index contributed by atoms with van der Waals surface area (Å²) in [5.74, 6) is 1.12. The maximum atomic E-state index is 13.3. The van der Waals surface area contributed by atoms with Gasteiger partial charge < -0.3 is 9.64 Å². The normalized spacial score (nSPS) is 18.8. The van der Waals surface area contributed by atoms with E-state index in [1.165, 1.54) is 12.7 Å². The van der Waals surface area contributed by atoms with Crippen molar-refractivity contribution in [2.45, 2.75) is 52.1 Å². The maximum absolute atomic E-state index is 13.3. The highest BCUT2D eigenvalue weighted by molar-refractivity contribution is 5.95. The molecule has 154 valence electrons. The molecule has 3 heterocycles. The van der Waals surface area contributed by atoms with Gasteiger partial charge in [-0.1, -0.05) is 6.07 Å². The fourth-order valence-electron chi connectivity index (χ4n) is 4.04. The molecule has 0 saturated carbocycles. The van der Waals surface area contributed by atoms with Crippen LogP contribution in [0.1, 0.15) is 49.0 Å². The second-order valence-electron chi connectivity index (χ2n) is 7.87. The van der Waals surface area contributed by atoms with Crippen molar-refractivity contribution in [1.29, 1.82) is 0 Å². The van der Waals surface area contributed by atoms with Crippen molar-refractivity contribution in [3.8, 4) is 22.9 Å². The molecule has 0 unspecified atom stereocenters. The summed E-state index contributed by atoms with van der Waals surface area (Å²) in [5.41, 5.74) is 3.07. The van der Waals surface area contributed by atoms with Gasteiger partial charge in [-0.15, -0.1) is 0 Å². The lowest BCUT2D eigenvalue weighted by Gasteiger charge is -2.39. The second-order valence-corrected chi connectivity index (χ2v) is 7.87. The van der Waals surface area contributed by atoms with Gasteiger partial charge in [-0.25, -0.2) is 15.0 Å². The fourth-order valence-corrected chi connectivity index (χ4v) is 4.04. The Labute approximate surface area is 177 Å². The Hall–Kier alpha value is -3.28. The zero-order valence-electron chi connectivity index (χ0n) is 17.6. The van der Waals surface area contributed by atoms with Crippen molar-refractivity contribution < 1.29 is 9.53 Å². The van der Waals surface area contributed by atoms with Crippen LogP contribution in [0.5, 0.6) is 11.6 Å². The number of ether oxygens (including phenoxy) is 1. The zero-order valence-corrected chi connectivity index (χ0v) is 17.6. The first-order valence-corrected chi connectivity index (χ1v) is 10.4. The minimum atomic E-state index is 0.0524. The summed E-state index contributed by atoms with van der Waals surface area (Å²) in [5, 5.41) is 0. The van der Waals surface area contributed by atoms with Gasteiger partial charge in [0, 0.05) is 30.0 Å². The first-order valence-electron chi connectivity index (χ1n) is 10.4. The number of amides is 1. The molecule has 6 heteroatoms. The van der Waals surface area contributed by atoms with Gasteiger partial charge in [0.1, 0.15) is 12.1 Å². The SMILES string of the molecule is Cc1ccc(C(=O)N2[C@H](C)CCC[C@@H]2C)cc1Oc1ncccc1-c1ccncn1. The van der Waals surface area contributed by atoms with E-state index in [4.69, 9.17) is 4.74 Å². The molecular formula is C24H26N4O2. The Bertz CT molecular complexity index is 1030. The largest absolute Gasteiger partial charge is 0.438 e. The molecule has 3 aromatic rings. The molecule has 1 fully saturated rings. The number of aryl methyl sites for hydroxylation is 1. The van der Waals surface area contributed by atoms with Crippen LogP contribution in [0.2, 0.25) is 0 Å². The van der Waals surface area contributed by atoms with E-state index >= 15 is 0 Å². The third-order valence-electron chi connectivity index (χ3n) is 5.70. The van der Waals surface area contributed by atoms with Gasteiger partial charge in [-0.3, -0.25) is 4.79 Å². The topological polar surface area (TPSA) is 68.2 Å². The molecule has 1 saturated heterocycles. The van der Waals surface area contributed by atoms with Gasteiger partial charge in [-0.2, -0.15) is 0 Å². The van der Waals surface area contributed by atoms with Crippen LogP contribution < -0.4 is 4.74 Å². The Balaban J connectivity index is 1.65. The quantitative estimate of drug-likeness (QED) is 0.611. The molecule has 0 spiro atoms. The minimum Gasteiger partial charge on any atom is -0.438 e. The number of piperidine rings is 1. The van der Waals surface area contributed by atoms with Crippen LogP contribution in [0.15, 0.2) is 55.1 Å². The Morgan fingerprint density at radius 1 is 1.07 bits per heavy atom. The number of pyridine rings is 1. The van der Waals surface area contributed by atoms with E-state index in [0.717, 1.165) is 29.7 Å². The van der Waals surface area contributed by atoms with Crippen LogP contribution in [0, 0.1) is 6.92 Å². The third kappa shape index (κ3) is 4.03. The summed E-state index contributed by atoms with van der Waals surface area (Å²) in [4.78, 5) is 27.9. The van der Waals surface area contributed by atoms with Crippen LogP contribution in [-0.2, 0) is 0 Å².